The van der Waals surface area contributed by atoms with Crippen LogP contribution in [0.25, 0.3) is 0 Å². The van der Waals surface area contributed by atoms with Crippen molar-refractivity contribution in [1.82, 2.24) is 4.90 Å². The zero-order chi connectivity index (χ0) is 9.68. The molecule has 1 aliphatic rings. The molecule has 1 rings (SSSR count). The molecule has 1 fully saturated rings. The SMILES string of the molecule is O=CN1CCCC(CCC(=O)O)C1. The average Bonchev–Trinajstić information content (AvgIpc) is 2.15. The summed E-state index contributed by atoms with van der Waals surface area (Å²) < 4.78 is 0. The number of hydrogen-bond acceptors (Lipinski definition) is 2. The lowest BCUT2D eigenvalue weighted by Crippen LogP contribution is -2.34. The summed E-state index contributed by atoms with van der Waals surface area (Å²) in [5.41, 5.74) is 0. The van der Waals surface area contributed by atoms with Gasteiger partial charge in [0.25, 0.3) is 0 Å². The fourth-order valence-electron chi connectivity index (χ4n) is 1.76. The van der Waals surface area contributed by atoms with Crippen LogP contribution in [0, 0.1) is 5.92 Å². The largest absolute Gasteiger partial charge is 0.481 e. The number of carboxylic acid groups (broad SMARTS) is 1. The third kappa shape index (κ3) is 3.44. The van der Waals surface area contributed by atoms with Crippen LogP contribution in [0.5, 0.6) is 0 Å². The summed E-state index contributed by atoms with van der Waals surface area (Å²) in [6, 6.07) is 0. The maximum atomic E-state index is 10.5. The molecule has 1 amide bonds. The summed E-state index contributed by atoms with van der Waals surface area (Å²) in [7, 11) is 0. The Balaban J connectivity index is 2.25. The number of rotatable bonds is 4. The summed E-state index contributed by atoms with van der Waals surface area (Å²) in [4.78, 5) is 22.5. The van der Waals surface area contributed by atoms with Crippen molar-refractivity contribution in [1.29, 1.82) is 0 Å². The Morgan fingerprint density at radius 2 is 2.38 bits per heavy atom. The average molecular weight is 185 g/mol. The Morgan fingerprint density at radius 1 is 1.62 bits per heavy atom. The van der Waals surface area contributed by atoms with Crippen molar-refractivity contribution >= 4 is 12.4 Å². The van der Waals surface area contributed by atoms with Crippen LogP contribution in [-0.2, 0) is 9.59 Å². The number of nitrogens with zero attached hydrogens (tertiary/aromatic N) is 1. The van der Waals surface area contributed by atoms with Crippen molar-refractivity contribution in [3.63, 3.8) is 0 Å². The van der Waals surface area contributed by atoms with Gasteiger partial charge < -0.3 is 10.0 Å². The Hall–Kier alpha value is -1.06. The molecule has 1 N–H and O–H groups in total. The van der Waals surface area contributed by atoms with Crippen LogP contribution in [0.15, 0.2) is 0 Å². The molecule has 0 bridgehead atoms. The first-order valence-corrected chi connectivity index (χ1v) is 4.63. The summed E-state index contributed by atoms with van der Waals surface area (Å²) in [5.74, 6) is -0.363. The second-order valence-electron chi connectivity index (χ2n) is 3.54. The second kappa shape index (κ2) is 4.84. The molecular formula is C9H15NO3. The zero-order valence-electron chi connectivity index (χ0n) is 7.61. The van der Waals surface area contributed by atoms with Crippen LogP contribution in [0.4, 0.5) is 0 Å². The van der Waals surface area contributed by atoms with Gasteiger partial charge in [0, 0.05) is 19.5 Å². The number of carbonyl (C=O) groups is 2. The first-order valence-electron chi connectivity index (χ1n) is 4.63. The van der Waals surface area contributed by atoms with E-state index in [1.54, 1.807) is 4.90 Å². The van der Waals surface area contributed by atoms with E-state index in [-0.39, 0.29) is 6.42 Å². The summed E-state index contributed by atoms with van der Waals surface area (Å²) in [5, 5.41) is 8.48. The third-order valence-corrected chi connectivity index (χ3v) is 2.47. The number of piperidine rings is 1. The van der Waals surface area contributed by atoms with Gasteiger partial charge in [0.05, 0.1) is 0 Å². The Kier molecular flexibility index (Phi) is 3.73. The molecule has 0 saturated carbocycles. The van der Waals surface area contributed by atoms with Crippen LogP contribution in [0.1, 0.15) is 25.7 Å². The molecule has 1 saturated heterocycles. The quantitative estimate of drug-likeness (QED) is 0.656. The van der Waals surface area contributed by atoms with E-state index < -0.39 is 5.97 Å². The predicted molar refractivity (Wildman–Crippen MR) is 47.2 cm³/mol. The first-order chi connectivity index (χ1) is 6.22. The molecule has 4 heteroatoms. The monoisotopic (exact) mass is 185 g/mol. The zero-order valence-corrected chi connectivity index (χ0v) is 7.61. The fourth-order valence-corrected chi connectivity index (χ4v) is 1.76. The highest BCUT2D eigenvalue weighted by atomic mass is 16.4. The first kappa shape index (κ1) is 10.0. The van der Waals surface area contributed by atoms with Crippen LogP contribution < -0.4 is 0 Å². The highest BCUT2D eigenvalue weighted by molar-refractivity contribution is 5.66. The van der Waals surface area contributed by atoms with Crippen LogP contribution >= 0.6 is 0 Å². The molecular weight excluding hydrogens is 170 g/mol. The molecule has 0 aliphatic carbocycles. The van der Waals surface area contributed by atoms with Crippen LogP contribution in [0.2, 0.25) is 0 Å². The van der Waals surface area contributed by atoms with Gasteiger partial charge in [-0.05, 0) is 25.2 Å². The van der Waals surface area contributed by atoms with Gasteiger partial charge in [-0.15, -0.1) is 0 Å². The number of aliphatic carboxylic acids is 1. The minimum Gasteiger partial charge on any atom is -0.481 e. The Morgan fingerprint density at radius 3 is 3.00 bits per heavy atom. The van der Waals surface area contributed by atoms with E-state index in [9.17, 15) is 9.59 Å². The molecule has 1 heterocycles. The summed E-state index contributed by atoms with van der Waals surface area (Å²) in [6.07, 6.45) is 3.82. The predicted octanol–water partition coefficient (Wildman–Crippen LogP) is 0.720. The Labute approximate surface area is 77.5 Å². The Bertz CT molecular complexity index is 193. The van der Waals surface area contributed by atoms with Gasteiger partial charge >= 0.3 is 5.97 Å². The van der Waals surface area contributed by atoms with Crippen molar-refractivity contribution in [3.8, 4) is 0 Å². The van der Waals surface area contributed by atoms with E-state index in [0.29, 0.717) is 12.3 Å². The van der Waals surface area contributed by atoms with Crippen molar-refractivity contribution in [2.24, 2.45) is 5.92 Å². The normalized spacial score (nSPS) is 22.8. The molecule has 0 aromatic carbocycles. The number of hydrogen-bond donors (Lipinski definition) is 1. The molecule has 1 aliphatic heterocycles. The number of likely N-dealkylation sites (tertiary alicyclic amines) is 1. The smallest absolute Gasteiger partial charge is 0.303 e. The summed E-state index contributed by atoms with van der Waals surface area (Å²) in [6.45, 7) is 1.56. The van der Waals surface area contributed by atoms with E-state index in [1.807, 2.05) is 0 Å². The molecule has 0 aromatic heterocycles. The van der Waals surface area contributed by atoms with Gasteiger partial charge in [-0.3, -0.25) is 9.59 Å². The van der Waals surface area contributed by atoms with E-state index >= 15 is 0 Å². The number of carbonyl (C=O) groups excluding carboxylic acids is 1. The minimum atomic E-state index is -0.747. The highest BCUT2D eigenvalue weighted by Crippen LogP contribution is 2.19. The fraction of sp³-hybridized carbons (Fsp3) is 0.778. The van der Waals surface area contributed by atoms with Crippen molar-refractivity contribution < 1.29 is 14.7 Å². The highest BCUT2D eigenvalue weighted by Gasteiger charge is 2.18. The van der Waals surface area contributed by atoms with Crippen molar-refractivity contribution in [3.05, 3.63) is 0 Å². The number of amides is 1. The van der Waals surface area contributed by atoms with E-state index in [0.717, 1.165) is 32.3 Å². The maximum absolute atomic E-state index is 10.5. The van der Waals surface area contributed by atoms with Gasteiger partial charge in [0.1, 0.15) is 0 Å². The molecule has 74 valence electrons. The van der Waals surface area contributed by atoms with Gasteiger partial charge in [0.15, 0.2) is 0 Å². The van der Waals surface area contributed by atoms with Gasteiger partial charge in [0.2, 0.25) is 6.41 Å². The molecule has 13 heavy (non-hydrogen) atoms. The lowest BCUT2D eigenvalue weighted by atomic mass is 9.94. The number of carboxylic acids is 1. The van der Waals surface area contributed by atoms with Crippen molar-refractivity contribution in [2.45, 2.75) is 25.7 Å². The van der Waals surface area contributed by atoms with E-state index in [4.69, 9.17) is 5.11 Å². The topological polar surface area (TPSA) is 57.6 Å². The van der Waals surface area contributed by atoms with Crippen LogP contribution in [0.3, 0.4) is 0 Å². The second-order valence-corrected chi connectivity index (χ2v) is 3.54. The molecule has 4 nitrogen and oxygen atoms in total. The maximum Gasteiger partial charge on any atom is 0.303 e. The summed E-state index contributed by atoms with van der Waals surface area (Å²) >= 11 is 0. The van der Waals surface area contributed by atoms with Gasteiger partial charge in [-0.25, -0.2) is 0 Å². The van der Waals surface area contributed by atoms with Gasteiger partial charge in [-0.2, -0.15) is 0 Å². The molecule has 1 unspecified atom stereocenters. The minimum absolute atomic E-state index is 0.220. The van der Waals surface area contributed by atoms with E-state index in [1.165, 1.54) is 0 Å². The van der Waals surface area contributed by atoms with E-state index in [2.05, 4.69) is 0 Å². The molecule has 1 atom stereocenters. The lowest BCUT2D eigenvalue weighted by Gasteiger charge is -2.29. The molecule has 0 aromatic rings. The molecule has 0 spiro atoms. The third-order valence-electron chi connectivity index (χ3n) is 2.47. The van der Waals surface area contributed by atoms with Crippen LogP contribution in [-0.4, -0.2) is 35.5 Å². The standard InChI is InChI=1S/C9H15NO3/c11-7-10-5-1-2-8(6-10)3-4-9(12)13/h7-8H,1-6H2,(H,12,13). The van der Waals surface area contributed by atoms with Gasteiger partial charge in [-0.1, -0.05) is 0 Å². The van der Waals surface area contributed by atoms with Crippen molar-refractivity contribution in [2.75, 3.05) is 13.1 Å². The lowest BCUT2D eigenvalue weighted by molar-refractivity contribution is -0.137. The molecule has 0 radical (unpaired) electrons.